The maximum atomic E-state index is 6.18. The Kier molecular flexibility index (Phi) is 11.3. The van der Waals surface area contributed by atoms with Crippen LogP contribution in [0.5, 0.6) is 0 Å². The number of ether oxygens (including phenoxy) is 3. The second-order valence-electron chi connectivity index (χ2n) is 4.24. The van der Waals surface area contributed by atoms with E-state index in [2.05, 4.69) is 14.5 Å². The lowest BCUT2D eigenvalue weighted by Gasteiger charge is -2.27. The molecule has 2 N–H and O–H groups in total. The van der Waals surface area contributed by atoms with E-state index < -0.39 is 5.54 Å². The Balaban J connectivity index is 4.10. The topological polar surface area (TPSA) is 66.8 Å². The number of hydrogen-bond donors (Lipinski definition) is 1. The van der Waals surface area contributed by atoms with Gasteiger partial charge in [-0.05, 0) is 0 Å². The van der Waals surface area contributed by atoms with Gasteiger partial charge in [0, 0.05) is 0 Å². The first-order chi connectivity index (χ1) is 9.68. The van der Waals surface area contributed by atoms with Crippen molar-refractivity contribution in [2.45, 2.75) is 5.54 Å². The Morgan fingerprint density at radius 3 is 1.25 bits per heavy atom. The normalized spacial score (nSPS) is 10.5. The van der Waals surface area contributed by atoms with Crippen molar-refractivity contribution in [1.29, 1.82) is 0 Å². The lowest BCUT2D eigenvalue weighted by molar-refractivity contribution is -0.0164. The zero-order chi connectivity index (χ0) is 15.1. The van der Waals surface area contributed by atoms with Gasteiger partial charge in [-0.3, -0.25) is 0 Å². The van der Waals surface area contributed by atoms with Crippen LogP contribution in [0.15, 0.2) is 0 Å². The van der Waals surface area contributed by atoms with Crippen LogP contribution in [0, 0.1) is 19.7 Å². The molecule has 0 bridgehead atoms. The van der Waals surface area contributed by atoms with Crippen molar-refractivity contribution in [3.05, 3.63) is 14.5 Å². The summed E-state index contributed by atoms with van der Waals surface area (Å²) in [4.78, 5) is 10.3. The predicted molar refractivity (Wildman–Crippen MR) is 78.9 cm³/mol. The fourth-order valence-electron chi connectivity index (χ4n) is 1.30. The van der Waals surface area contributed by atoms with Crippen molar-refractivity contribution in [3.8, 4) is 19.7 Å². The summed E-state index contributed by atoms with van der Waals surface area (Å²) in [7, 11) is 0. The average molecular weight is 283 g/mol. The van der Waals surface area contributed by atoms with E-state index in [-0.39, 0.29) is 19.8 Å². The summed E-state index contributed by atoms with van der Waals surface area (Å²) in [5, 5.41) is 0. The lowest BCUT2D eigenvalue weighted by Crippen LogP contribution is -2.53. The molecule has 0 atom stereocenters. The molecule has 0 saturated heterocycles. The first kappa shape index (κ1) is 18.3. The molecule has 0 spiro atoms. The predicted octanol–water partition coefficient (Wildman–Crippen LogP) is 0.622. The number of rotatable bonds is 12. The monoisotopic (exact) mass is 283 g/mol. The number of nitrogens with zero attached hydrogens (tertiary/aromatic N) is 3. The summed E-state index contributed by atoms with van der Waals surface area (Å²) in [6.07, 6.45) is 0. The molecule has 0 saturated carbocycles. The highest BCUT2D eigenvalue weighted by Crippen LogP contribution is 2.05. The maximum Gasteiger partial charge on any atom is 0.286 e. The maximum absolute atomic E-state index is 6.18. The van der Waals surface area contributed by atoms with Gasteiger partial charge in [0.15, 0.2) is 0 Å². The zero-order valence-electron chi connectivity index (χ0n) is 11.7. The highest BCUT2D eigenvalue weighted by Gasteiger charge is 2.27. The molecule has 0 unspecified atom stereocenters. The smallest absolute Gasteiger partial charge is 0.286 e. The van der Waals surface area contributed by atoms with Crippen LogP contribution in [-0.4, -0.2) is 64.8 Å². The van der Waals surface area contributed by atoms with Crippen molar-refractivity contribution < 1.29 is 14.2 Å². The molecule has 0 aromatic carbocycles. The average Bonchev–Trinajstić information content (AvgIpc) is 2.45. The largest absolute Gasteiger partial charge is 0.371 e. The van der Waals surface area contributed by atoms with Gasteiger partial charge in [0.1, 0.15) is 19.8 Å². The summed E-state index contributed by atoms with van der Waals surface area (Å²) in [5.41, 5.74) is 5.42. The van der Waals surface area contributed by atoms with Crippen molar-refractivity contribution in [2.24, 2.45) is 5.73 Å². The molecular weight excluding hydrogens is 260 g/mol. The lowest BCUT2D eigenvalue weighted by atomic mass is 10.1. The molecule has 0 rings (SSSR count). The third-order valence-corrected chi connectivity index (χ3v) is 2.26. The Morgan fingerprint density at radius 2 is 1.00 bits per heavy atom. The second kappa shape index (κ2) is 12.3. The fourth-order valence-corrected chi connectivity index (χ4v) is 1.30. The molecule has 0 aliphatic heterocycles. The first-order valence-corrected chi connectivity index (χ1v) is 6.30. The van der Waals surface area contributed by atoms with Gasteiger partial charge in [-0.15, -0.1) is 0 Å². The summed E-state index contributed by atoms with van der Waals surface area (Å²) in [5.74, 6) is 0. The second-order valence-corrected chi connectivity index (χ2v) is 4.24. The Hall–Kier alpha value is -1.69. The van der Waals surface area contributed by atoms with Gasteiger partial charge in [0.05, 0.1) is 25.4 Å². The summed E-state index contributed by atoms with van der Waals surface area (Å²) < 4.78 is 16.2. The molecule has 0 aromatic rings. The minimum absolute atomic E-state index is 0.266. The van der Waals surface area contributed by atoms with Crippen LogP contribution in [0.1, 0.15) is 0 Å². The van der Waals surface area contributed by atoms with Gasteiger partial charge in [-0.25, -0.2) is 0 Å². The van der Waals surface area contributed by atoms with Gasteiger partial charge >= 0.3 is 0 Å². The van der Waals surface area contributed by atoms with Crippen LogP contribution in [-0.2, 0) is 14.2 Å². The van der Waals surface area contributed by atoms with Crippen molar-refractivity contribution in [1.82, 2.24) is 0 Å². The summed E-state index contributed by atoms with van der Waals surface area (Å²) >= 11 is 0. The Bertz CT molecular complexity index is 312. The first-order valence-electron chi connectivity index (χ1n) is 6.30. The van der Waals surface area contributed by atoms with Crippen molar-refractivity contribution in [3.63, 3.8) is 0 Å². The van der Waals surface area contributed by atoms with E-state index in [0.29, 0.717) is 39.5 Å². The van der Waals surface area contributed by atoms with E-state index in [4.69, 9.17) is 39.7 Å². The van der Waals surface area contributed by atoms with E-state index in [1.54, 1.807) is 0 Å². The molecule has 110 valence electrons. The molecule has 0 radical (unpaired) electrons. The van der Waals surface area contributed by atoms with Crippen LogP contribution < -0.4 is 5.73 Å². The highest BCUT2D eigenvalue weighted by molar-refractivity contribution is 4.85. The summed E-state index contributed by atoms with van der Waals surface area (Å²) in [6, 6.07) is 0. The molecule has 0 aliphatic carbocycles. The van der Waals surface area contributed by atoms with Gasteiger partial charge in [0.2, 0.25) is 0 Å². The van der Waals surface area contributed by atoms with Gasteiger partial charge in [0.25, 0.3) is 39.4 Å². The molecule has 0 fully saturated rings. The van der Waals surface area contributed by atoms with Crippen LogP contribution in [0.4, 0.5) is 0 Å². The third kappa shape index (κ3) is 10.3. The third-order valence-electron chi connectivity index (χ3n) is 2.26. The van der Waals surface area contributed by atoms with Crippen molar-refractivity contribution in [2.75, 3.05) is 59.3 Å². The minimum Gasteiger partial charge on any atom is -0.371 e. The molecular formula is C13H23N4O3+3. The van der Waals surface area contributed by atoms with Crippen LogP contribution in [0.2, 0.25) is 0 Å². The van der Waals surface area contributed by atoms with E-state index in [1.807, 2.05) is 0 Å². The molecule has 0 amide bonds. The van der Waals surface area contributed by atoms with Crippen LogP contribution >= 0.6 is 0 Å². The molecule has 0 heterocycles. The van der Waals surface area contributed by atoms with E-state index in [1.165, 1.54) is 0 Å². The summed E-state index contributed by atoms with van der Waals surface area (Å²) in [6.45, 7) is 18.3. The zero-order valence-corrected chi connectivity index (χ0v) is 11.7. The van der Waals surface area contributed by atoms with Gasteiger partial charge in [-0.2, -0.15) is 0 Å². The fraction of sp³-hybridized carbons (Fsp3) is 0.769. The molecule has 20 heavy (non-hydrogen) atoms. The molecule has 7 nitrogen and oxygen atoms in total. The quantitative estimate of drug-likeness (QED) is 0.533. The van der Waals surface area contributed by atoms with E-state index in [0.717, 1.165) is 0 Å². The van der Waals surface area contributed by atoms with Crippen LogP contribution in [0.3, 0.4) is 0 Å². The minimum atomic E-state index is -0.766. The van der Waals surface area contributed by atoms with Crippen LogP contribution in [0.25, 0.3) is 14.5 Å². The molecule has 0 aliphatic rings. The standard InChI is InChI=1S/C13H23N4O3/c1-15-4-7-18-10-13(14,11-19-8-5-16-2)12-20-9-6-17-3/h1-3H,4-12,14H2/q+3. The van der Waals surface area contributed by atoms with E-state index in [9.17, 15) is 0 Å². The van der Waals surface area contributed by atoms with E-state index >= 15 is 0 Å². The Morgan fingerprint density at radius 1 is 0.700 bits per heavy atom. The van der Waals surface area contributed by atoms with Crippen molar-refractivity contribution >= 4 is 0 Å². The van der Waals surface area contributed by atoms with Gasteiger partial charge < -0.3 is 19.9 Å². The number of nitrogens with two attached hydrogens (primary N) is 1. The highest BCUT2D eigenvalue weighted by atomic mass is 16.5. The van der Waals surface area contributed by atoms with Gasteiger partial charge in [-0.1, -0.05) is 14.5 Å². The Labute approximate surface area is 120 Å². The SMILES string of the molecule is C#[N+]CCOCC(N)(COCC[N+]#C)COCC[N+]#C. The number of hydrogen-bond acceptors (Lipinski definition) is 4. The molecule has 0 aromatic heterocycles. The molecule has 7 heteroatoms.